The van der Waals surface area contributed by atoms with Crippen LogP contribution in [-0.2, 0) is 9.53 Å². The van der Waals surface area contributed by atoms with Crippen LogP contribution in [0.5, 0.6) is 0 Å². The Bertz CT molecular complexity index is 194. The smallest absolute Gasteiger partial charge is 0.323 e. The van der Waals surface area contributed by atoms with Gasteiger partial charge in [-0.25, -0.2) is 0 Å². The lowest BCUT2D eigenvalue weighted by Gasteiger charge is -2.32. The Hall–Kier alpha value is -0.570. The molecule has 0 aliphatic rings. The Morgan fingerprint density at radius 2 is 1.88 bits per heavy atom. The van der Waals surface area contributed by atoms with Gasteiger partial charge in [-0.05, 0) is 40.2 Å². The second-order valence-electron chi connectivity index (χ2n) is 4.28. The van der Waals surface area contributed by atoms with Crippen molar-refractivity contribution in [2.45, 2.75) is 66.0 Å². The molecular formula is C13H27NO2. The first-order chi connectivity index (χ1) is 7.58. The fraction of sp³-hybridized carbons (Fsp3) is 0.923. The summed E-state index contributed by atoms with van der Waals surface area (Å²) in [6, 6.07) is 0.312. The standard InChI is InChI=1S/C13H27NO2/c1-6-9-10-14(11(4)7-2)12(5)13(15)16-8-3/h11-12H,6-10H2,1-5H3. The molecule has 0 aromatic rings. The molecule has 2 unspecified atom stereocenters. The minimum absolute atomic E-state index is 0.0982. The largest absolute Gasteiger partial charge is 0.465 e. The van der Waals surface area contributed by atoms with Crippen LogP contribution in [0, 0.1) is 0 Å². The molecular weight excluding hydrogens is 202 g/mol. The second-order valence-corrected chi connectivity index (χ2v) is 4.28. The zero-order chi connectivity index (χ0) is 12.6. The third kappa shape index (κ3) is 4.97. The molecule has 0 N–H and O–H groups in total. The molecule has 0 radical (unpaired) electrons. The van der Waals surface area contributed by atoms with Crippen molar-refractivity contribution in [1.29, 1.82) is 0 Å². The highest BCUT2D eigenvalue weighted by molar-refractivity contribution is 5.75. The summed E-state index contributed by atoms with van der Waals surface area (Å²) >= 11 is 0. The van der Waals surface area contributed by atoms with E-state index >= 15 is 0 Å². The number of hydrogen-bond acceptors (Lipinski definition) is 3. The van der Waals surface area contributed by atoms with E-state index in [4.69, 9.17) is 4.74 Å². The van der Waals surface area contributed by atoms with Crippen molar-refractivity contribution in [3.8, 4) is 0 Å². The average Bonchev–Trinajstić information content (AvgIpc) is 2.29. The number of hydrogen-bond donors (Lipinski definition) is 0. The van der Waals surface area contributed by atoms with Crippen LogP contribution in [0.25, 0.3) is 0 Å². The molecule has 0 aliphatic carbocycles. The topological polar surface area (TPSA) is 29.5 Å². The summed E-state index contributed by atoms with van der Waals surface area (Å²) in [6.45, 7) is 11.7. The SMILES string of the molecule is CCCCN(C(C)CC)C(C)C(=O)OCC. The van der Waals surface area contributed by atoms with Crippen molar-refractivity contribution >= 4 is 5.97 Å². The highest BCUT2D eigenvalue weighted by Crippen LogP contribution is 2.11. The summed E-state index contributed by atoms with van der Waals surface area (Å²) in [6.07, 6.45) is 3.35. The van der Waals surface area contributed by atoms with Crippen molar-refractivity contribution in [3.05, 3.63) is 0 Å². The first-order valence-corrected chi connectivity index (χ1v) is 6.50. The van der Waals surface area contributed by atoms with Crippen molar-refractivity contribution in [3.63, 3.8) is 0 Å². The Labute approximate surface area is 100 Å². The quantitative estimate of drug-likeness (QED) is 0.599. The molecule has 16 heavy (non-hydrogen) atoms. The normalized spacial score (nSPS) is 14.9. The van der Waals surface area contributed by atoms with Crippen LogP contribution in [0.1, 0.15) is 53.9 Å². The van der Waals surface area contributed by atoms with Crippen LogP contribution in [0.3, 0.4) is 0 Å². The summed E-state index contributed by atoms with van der Waals surface area (Å²) in [5, 5.41) is 0. The third-order valence-electron chi connectivity index (χ3n) is 3.05. The lowest BCUT2D eigenvalue weighted by molar-refractivity contribution is -0.149. The van der Waals surface area contributed by atoms with E-state index in [1.807, 2.05) is 13.8 Å². The van der Waals surface area contributed by atoms with Crippen LogP contribution in [0.4, 0.5) is 0 Å². The molecule has 0 fully saturated rings. The van der Waals surface area contributed by atoms with Crippen molar-refractivity contribution in [2.75, 3.05) is 13.2 Å². The summed E-state index contributed by atoms with van der Waals surface area (Å²) in [5.74, 6) is -0.0982. The average molecular weight is 229 g/mol. The number of carbonyl (C=O) groups excluding carboxylic acids is 1. The van der Waals surface area contributed by atoms with Gasteiger partial charge in [-0.3, -0.25) is 9.69 Å². The predicted molar refractivity (Wildman–Crippen MR) is 67.5 cm³/mol. The van der Waals surface area contributed by atoms with Gasteiger partial charge >= 0.3 is 5.97 Å². The van der Waals surface area contributed by atoms with Gasteiger partial charge in [0, 0.05) is 6.04 Å². The van der Waals surface area contributed by atoms with Gasteiger partial charge < -0.3 is 4.74 Å². The van der Waals surface area contributed by atoms with E-state index in [1.165, 1.54) is 0 Å². The maximum absolute atomic E-state index is 11.7. The highest BCUT2D eigenvalue weighted by Gasteiger charge is 2.25. The van der Waals surface area contributed by atoms with Gasteiger partial charge in [0.05, 0.1) is 6.61 Å². The molecule has 96 valence electrons. The summed E-state index contributed by atoms with van der Waals surface area (Å²) in [5.41, 5.74) is 0. The van der Waals surface area contributed by atoms with E-state index in [0.29, 0.717) is 12.6 Å². The zero-order valence-electron chi connectivity index (χ0n) is 11.5. The molecule has 0 bridgehead atoms. The van der Waals surface area contributed by atoms with Crippen molar-refractivity contribution in [1.82, 2.24) is 4.90 Å². The summed E-state index contributed by atoms with van der Waals surface area (Å²) in [7, 11) is 0. The van der Waals surface area contributed by atoms with Crippen LogP contribution < -0.4 is 0 Å². The molecule has 0 aliphatic heterocycles. The third-order valence-corrected chi connectivity index (χ3v) is 3.05. The lowest BCUT2D eigenvalue weighted by Crippen LogP contribution is -2.45. The fourth-order valence-corrected chi connectivity index (χ4v) is 1.77. The van der Waals surface area contributed by atoms with Gasteiger partial charge in [-0.15, -0.1) is 0 Å². The molecule has 0 spiro atoms. The maximum Gasteiger partial charge on any atom is 0.323 e. The van der Waals surface area contributed by atoms with Gasteiger partial charge in [-0.1, -0.05) is 20.3 Å². The number of rotatable bonds is 8. The molecule has 0 saturated heterocycles. The van der Waals surface area contributed by atoms with E-state index in [2.05, 4.69) is 25.7 Å². The number of unbranched alkanes of at least 4 members (excludes halogenated alkanes) is 1. The second kappa shape index (κ2) is 8.57. The van der Waals surface area contributed by atoms with Gasteiger partial charge in [0.2, 0.25) is 0 Å². The zero-order valence-corrected chi connectivity index (χ0v) is 11.5. The number of carbonyl (C=O) groups is 1. The molecule has 0 heterocycles. The van der Waals surface area contributed by atoms with Crippen LogP contribution in [0.2, 0.25) is 0 Å². The Morgan fingerprint density at radius 1 is 1.25 bits per heavy atom. The Morgan fingerprint density at radius 3 is 2.31 bits per heavy atom. The Balaban J connectivity index is 4.41. The van der Waals surface area contributed by atoms with Crippen molar-refractivity contribution < 1.29 is 9.53 Å². The maximum atomic E-state index is 11.7. The minimum atomic E-state index is -0.124. The van der Waals surface area contributed by atoms with E-state index in [1.54, 1.807) is 0 Å². The monoisotopic (exact) mass is 229 g/mol. The fourth-order valence-electron chi connectivity index (χ4n) is 1.77. The summed E-state index contributed by atoms with van der Waals surface area (Å²) < 4.78 is 5.08. The first-order valence-electron chi connectivity index (χ1n) is 6.50. The van der Waals surface area contributed by atoms with Gasteiger partial charge in [0.25, 0.3) is 0 Å². The van der Waals surface area contributed by atoms with Crippen LogP contribution >= 0.6 is 0 Å². The number of esters is 1. The van der Waals surface area contributed by atoms with Gasteiger partial charge in [0.1, 0.15) is 6.04 Å². The predicted octanol–water partition coefficient (Wildman–Crippen LogP) is 2.84. The lowest BCUT2D eigenvalue weighted by atomic mass is 10.1. The summed E-state index contributed by atoms with van der Waals surface area (Å²) in [4.78, 5) is 14.0. The molecule has 3 heteroatoms. The molecule has 0 aromatic carbocycles. The Kier molecular flexibility index (Phi) is 8.26. The van der Waals surface area contributed by atoms with E-state index in [-0.39, 0.29) is 12.0 Å². The van der Waals surface area contributed by atoms with E-state index in [9.17, 15) is 4.79 Å². The van der Waals surface area contributed by atoms with E-state index < -0.39 is 0 Å². The first kappa shape index (κ1) is 15.4. The van der Waals surface area contributed by atoms with Gasteiger partial charge in [-0.2, -0.15) is 0 Å². The molecule has 0 saturated carbocycles. The van der Waals surface area contributed by atoms with E-state index in [0.717, 1.165) is 25.8 Å². The molecule has 0 amide bonds. The highest BCUT2D eigenvalue weighted by atomic mass is 16.5. The number of ether oxygens (including phenoxy) is 1. The molecule has 0 rings (SSSR count). The number of nitrogens with zero attached hydrogens (tertiary/aromatic N) is 1. The van der Waals surface area contributed by atoms with Crippen LogP contribution in [0.15, 0.2) is 0 Å². The molecule has 0 aromatic heterocycles. The molecule has 3 nitrogen and oxygen atoms in total. The van der Waals surface area contributed by atoms with Gasteiger partial charge in [0.15, 0.2) is 0 Å². The van der Waals surface area contributed by atoms with Crippen molar-refractivity contribution in [2.24, 2.45) is 0 Å². The molecule has 2 atom stereocenters. The minimum Gasteiger partial charge on any atom is -0.465 e. The van der Waals surface area contributed by atoms with Crippen LogP contribution in [-0.4, -0.2) is 36.1 Å².